The molecule has 2 aromatic heterocycles. The molecule has 0 radical (unpaired) electrons. The van der Waals surface area contributed by atoms with E-state index in [4.69, 9.17) is 11.6 Å². The van der Waals surface area contributed by atoms with Crippen molar-refractivity contribution in [1.29, 1.82) is 0 Å². The zero-order valence-corrected chi connectivity index (χ0v) is 19.9. The largest absolute Gasteiger partial charge is 0.272 e. The Morgan fingerprint density at radius 1 is 1.17 bits per heavy atom. The van der Waals surface area contributed by atoms with Gasteiger partial charge in [0.05, 0.1) is 16.9 Å². The average molecular weight is 508 g/mol. The Kier molecular flexibility index (Phi) is 7.48. The van der Waals surface area contributed by atoms with Crippen LogP contribution in [0.15, 0.2) is 77.2 Å². The maximum absolute atomic E-state index is 12.4. The van der Waals surface area contributed by atoms with Crippen molar-refractivity contribution in [1.82, 2.24) is 25.2 Å². The third-order valence-corrected chi connectivity index (χ3v) is 6.05. The SMILES string of the molecule is Cc1ccc(-n2c(SCC(=O)N/N=C/c3cc([N+](=O)[O-])ccc3Cl)nnc2-c2ccncc2)cc1. The summed E-state index contributed by atoms with van der Waals surface area (Å²) in [6.07, 6.45) is 4.61. The lowest BCUT2D eigenvalue weighted by molar-refractivity contribution is -0.384. The number of nitrogens with one attached hydrogen (secondary N) is 1. The fourth-order valence-corrected chi connectivity index (χ4v) is 3.97. The molecule has 0 spiro atoms. The molecule has 35 heavy (non-hydrogen) atoms. The number of hydrogen-bond donors (Lipinski definition) is 1. The quantitative estimate of drug-likeness (QED) is 0.161. The second-order valence-corrected chi connectivity index (χ2v) is 8.61. The van der Waals surface area contributed by atoms with Gasteiger partial charge in [0.1, 0.15) is 0 Å². The molecule has 1 amide bonds. The summed E-state index contributed by atoms with van der Waals surface area (Å²) in [4.78, 5) is 26.8. The van der Waals surface area contributed by atoms with Crippen molar-refractivity contribution < 1.29 is 9.72 Å². The van der Waals surface area contributed by atoms with Gasteiger partial charge in [-0.1, -0.05) is 41.1 Å². The summed E-state index contributed by atoms with van der Waals surface area (Å²) in [6.45, 7) is 2.00. The molecule has 2 aromatic carbocycles. The predicted molar refractivity (Wildman–Crippen MR) is 134 cm³/mol. The monoisotopic (exact) mass is 507 g/mol. The normalized spacial score (nSPS) is 11.0. The van der Waals surface area contributed by atoms with Gasteiger partial charge < -0.3 is 0 Å². The molecule has 4 rings (SSSR count). The highest BCUT2D eigenvalue weighted by atomic mass is 35.5. The van der Waals surface area contributed by atoms with Crippen LogP contribution in [0.4, 0.5) is 5.69 Å². The first-order valence-corrected chi connectivity index (χ1v) is 11.6. The number of pyridine rings is 1. The summed E-state index contributed by atoms with van der Waals surface area (Å²) in [7, 11) is 0. The van der Waals surface area contributed by atoms with Gasteiger partial charge >= 0.3 is 0 Å². The van der Waals surface area contributed by atoms with Crippen molar-refractivity contribution >= 4 is 41.2 Å². The van der Waals surface area contributed by atoms with Gasteiger partial charge in [0, 0.05) is 46.4 Å². The second-order valence-electron chi connectivity index (χ2n) is 7.26. The van der Waals surface area contributed by atoms with E-state index in [1.165, 1.54) is 36.2 Å². The van der Waals surface area contributed by atoms with Crippen molar-refractivity contribution in [3.63, 3.8) is 0 Å². The van der Waals surface area contributed by atoms with Crippen LogP contribution in [0.2, 0.25) is 5.02 Å². The highest BCUT2D eigenvalue weighted by molar-refractivity contribution is 7.99. The minimum absolute atomic E-state index is 0.0142. The van der Waals surface area contributed by atoms with Crippen LogP contribution in [0.1, 0.15) is 11.1 Å². The van der Waals surface area contributed by atoms with Crippen molar-refractivity contribution in [2.24, 2.45) is 5.10 Å². The Bertz CT molecular complexity index is 1390. The topological polar surface area (TPSA) is 128 Å². The molecule has 0 unspecified atom stereocenters. The number of non-ortho nitro benzene ring substituents is 1. The standard InChI is InChI=1S/C23H18ClN7O3S/c1-15-2-4-18(5-3-15)30-22(16-8-10-25-11-9-16)28-29-23(30)35-14-21(32)27-26-13-17-12-19(31(33)34)6-7-20(17)24/h2-13H,14H2,1H3,(H,27,32)/b26-13+. The summed E-state index contributed by atoms with van der Waals surface area (Å²) in [5, 5.41) is 24.2. The van der Waals surface area contributed by atoms with E-state index in [0.717, 1.165) is 16.8 Å². The van der Waals surface area contributed by atoms with E-state index in [0.29, 0.717) is 16.5 Å². The summed E-state index contributed by atoms with van der Waals surface area (Å²) in [6, 6.07) is 15.5. The molecule has 10 nitrogen and oxygen atoms in total. The Morgan fingerprint density at radius 3 is 2.63 bits per heavy atom. The number of rotatable bonds is 8. The van der Waals surface area contributed by atoms with Crippen LogP contribution in [0.3, 0.4) is 0 Å². The van der Waals surface area contributed by atoms with Gasteiger partial charge in [-0.25, -0.2) is 5.43 Å². The van der Waals surface area contributed by atoms with Gasteiger partial charge in [0.2, 0.25) is 0 Å². The molecule has 2 heterocycles. The van der Waals surface area contributed by atoms with Crippen LogP contribution >= 0.6 is 23.4 Å². The van der Waals surface area contributed by atoms with Gasteiger partial charge in [0.25, 0.3) is 11.6 Å². The van der Waals surface area contributed by atoms with Crippen LogP contribution in [0, 0.1) is 17.0 Å². The smallest absolute Gasteiger partial charge is 0.270 e. The number of nitro benzene ring substituents is 1. The molecule has 1 N–H and O–H groups in total. The lowest BCUT2D eigenvalue weighted by atomic mass is 10.2. The summed E-state index contributed by atoms with van der Waals surface area (Å²) >= 11 is 7.24. The van der Waals surface area contributed by atoms with E-state index in [9.17, 15) is 14.9 Å². The Labute approximate surface area is 209 Å². The van der Waals surface area contributed by atoms with E-state index >= 15 is 0 Å². The van der Waals surface area contributed by atoms with E-state index in [1.807, 2.05) is 47.9 Å². The Morgan fingerprint density at radius 2 is 1.91 bits per heavy atom. The number of carbonyl (C=O) groups is 1. The van der Waals surface area contributed by atoms with Gasteiger partial charge in [-0.15, -0.1) is 10.2 Å². The average Bonchev–Trinajstić information content (AvgIpc) is 3.29. The summed E-state index contributed by atoms with van der Waals surface area (Å²) < 4.78 is 1.87. The molecule has 0 aliphatic heterocycles. The number of hydrogen-bond acceptors (Lipinski definition) is 8. The van der Waals surface area contributed by atoms with Gasteiger partial charge in [-0.3, -0.25) is 24.5 Å². The van der Waals surface area contributed by atoms with Crippen molar-refractivity contribution in [2.45, 2.75) is 12.1 Å². The van der Waals surface area contributed by atoms with E-state index < -0.39 is 10.8 Å². The number of aryl methyl sites for hydroxylation is 1. The van der Waals surface area contributed by atoms with E-state index in [-0.39, 0.29) is 16.5 Å². The molecule has 4 aromatic rings. The molecule has 176 valence electrons. The molecule has 0 atom stereocenters. The minimum atomic E-state index is -0.534. The first-order valence-electron chi connectivity index (χ1n) is 10.2. The molecule has 0 aliphatic rings. The van der Waals surface area contributed by atoms with Gasteiger partial charge in [0.15, 0.2) is 11.0 Å². The molecule has 0 saturated heterocycles. The molecule has 0 aliphatic carbocycles. The number of benzene rings is 2. The number of halogens is 1. The third-order valence-electron chi connectivity index (χ3n) is 4.78. The predicted octanol–water partition coefficient (Wildman–Crippen LogP) is 4.44. The maximum atomic E-state index is 12.4. The maximum Gasteiger partial charge on any atom is 0.270 e. The van der Waals surface area contributed by atoms with Gasteiger partial charge in [-0.2, -0.15) is 5.10 Å². The van der Waals surface area contributed by atoms with E-state index in [1.54, 1.807) is 12.4 Å². The van der Waals surface area contributed by atoms with Crippen LogP contribution in [0.5, 0.6) is 0 Å². The highest BCUT2D eigenvalue weighted by Gasteiger charge is 2.17. The first-order chi connectivity index (χ1) is 16.9. The van der Waals surface area contributed by atoms with Crippen molar-refractivity contribution in [2.75, 3.05) is 5.75 Å². The summed E-state index contributed by atoms with van der Waals surface area (Å²) in [5.41, 5.74) is 5.39. The molecular formula is C23H18ClN7O3S. The molecule has 0 saturated carbocycles. The number of amides is 1. The fourth-order valence-electron chi connectivity index (χ4n) is 3.06. The lowest BCUT2D eigenvalue weighted by Crippen LogP contribution is -2.20. The molecule has 0 bridgehead atoms. The second kappa shape index (κ2) is 10.9. The molecule has 12 heteroatoms. The van der Waals surface area contributed by atoms with Crippen LogP contribution in [-0.4, -0.2) is 42.5 Å². The number of nitro groups is 1. The third kappa shape index (κ3) is 5.89. The minimum Gasteiger partial charge on any atom is -0.272 e. The number of hydrazone groups is 1. The zero-order chi connectivity index (χ0) is 24.8. The van der Waals surface area contributed by atoms with Crippen molar-refractivity contribution in [3.8, 4) is 17.1 Å². The highest BCUT2D eigenvalue weighted by Crippen LogP contribution is 2.28. The Hall–Kier alpha value is -4.09. The number of carbonyl (C=O) groups excluding carboxylic acids is 1. The summed E-state index contributed by atoms with van der Waals surface area (Å²) in [5.74, 6) is 0.245. The zero-order valence-electron chi connectivity index (χ0n) is 18.3. The van der Waals surface area contributed by atoms with Crippen LogP contribution < -0.4 is 5.43 Å². The van der Waals surface area contributed by atoms with Crippen molar-refractivity contribution in [3.05, 3.63) is 93.3 Å². The first kappa shape index (κ1) is 24.0. The lowest BCUT2D eigenvalue weighted by Gasteiger charge is -2.10. The van der Waals surface area contributed by atoms with E-state index in [2.05, 4.69) is 25.7 Å². The molecular weight excluding hydrogens is 490 g/mol. The van der Waals surface area contributed by atoms with Gasteiger partial charge in [-0.05, 0) is 37.3 Å². The fraction of sp³-hybridized carbons (Fsp3) is 0.0870. The Balaban J connectivity index is 1.49. The number of nitrogens with zero attached hydrogens (tertiary/aromatic N) is 6. The van der Waals surface area contributed by atoms with Crippen LogP contribution in [0.25, 0.3) is 17.1 Å². The number of thioether (sulfide) groups is 1. The van der Waals surface area contributed by atoms with Crippen LogP contribution in [-0.2, 0) is 4.79 Å². The molecule has 0 fully saturated rings. The number of aromatic nitrogens is 4.